The van der Waals surface area contributed by atoms with Crippen molar-refractivity contribution >= 4 is 5.96 Å². The minimum absolute atomic E-state index is 0.319. The van der Waals surface area contributed by atoms with Crippen molar-refractivity contribution in [3.8, 4) is 0 Å². The van der Waals surface area contributed by atoms with Crippen LogP contribution in [0.4, 0.5) is 13.2 Å². The molecule has 8 heteroatoms. The van der Waals surface area contributed by atoms with Gasteiger partial charge in [-0.15, -0.1) is 0 Å². The Bertz CT molecular complexity index is 569. The van der Waals surface area contributed by atoms with Crippen LogP contribution >= 0.6 is 0 Å². The van der Waals surface area contributed by atoms with Crippen molar-refractivity contribution in [2.45, 2.75) is 32.6 Å². The first kappa shape index (κ1) is 20.5. The summed E-state index contributed by atoms with van der Waals surface area (Å²) in [5, 5.41) is 6.46. The topological polar surface area (TPSA) is 48.9 Å². The minimum Gasteiger partial charge on any atom is -0.379 e. The molecule has 1 aromatic carbocycles. The van der Waals surface area contributed by atoms with Gasteiger partial charge in [-0.2, -0.15) is 13.2 Å². The van der Waals surface area contributed by atoms with Crippen LogP contribution in [0.5, 0.6) is 0 Å². The standard InChI is InChI=1S/C18H27F3N4O/c1-3-22-17(23-12-14(2)25-8-10-26-11-9-25)24-13-15-4-6-16(7-5-15)18(19,20)21/h4-7,14H,3,8-13H2,1-2H3,(H2,22,23,24). The van der Waals surface area contributed by atoms with Crippen LogP contribution in [0.25, 0.3) is 0 Å². The molecular weight excluding hydrogens is 345 g/mol. The van der Waals surface area contributed by atoms with Crippen molar-refractivity contribution in [1.29, 1.82) is 0 Å². The van der Waals surface area contributed by atoms with E-state index in [0.717, 1.165) is 50.5 Å². The van der Waals surface area contributed by atoms with E-state index in [1.165, 1.54) is 12.1 Å². The third kappa shape index (κ3) is 6.49. The van der Waals surface area contributed by atoms with Crippen molar-refractivity contribution in [3.63, 3.8) is 0 Å². The summed E-state index contributed by atoms with van der Waals surface area (Å²) in [6.07, 6.45) is -4.31. The number of alkyl halides is 3. The lowest BCUT2D eigenvalue weighted by Gasteiger charge is -2.32. The molecule has 1 unspecified atom stereocenters. The van der Waals surface area contributed by atoms with Gasteiger partial charge in [0.2, 0.25) is 0 Å². The smallest absolute Gasteiger partial charge is 0.379 e. The lowest BCUT2D eigenvalue weighted by Crippen LogP contribution is -2.49. The van der Waals surface area contributed by atoms with Crippen LogP contribution in [0, 0.1) is 0 Å². The zero-order chi connectivity index (χ0) is 19.0. The number of morpholine rings is 1. The zero-order valence-electron chi connectivity index (χ0n) is 15.3. The molecule has 1 heterocycles. The van der Waals surface area contributed by atoms with E-state index in [9.17, 15) is 13.2 Å². The SMILES string of the molecule is CCNC(=NCc1ccc(C(F)(F)F)cc1)NCC(C)N1CCOCC1. The van der Waals surface area contributed by atoms with Gasteiger partial charge in [0.25, 0.3) is 0 Å². The summed E-state index contributed by atoms with van der Waals surface area (Å²) >= 11 is 0. The number of hydrogen-bond donors (Lipinski definition) is 2. The summed E-state index contributed by atoms with van der Waals surface area (Å²) in [5.74, 6) is 0.660. The Kier molecular flexibility index (Phi) is 7.71. The minimum atomic E-state index is -4.31. The highest BCUT2D eigenvalue weighted by Crippen LogP contribution is 2.29. The molecule has 2 rings (SSSR count). The number of benzene rings is 1. The van der Waals surface area contributed by atoms with Gasteiger partial charge in [0, 0.05) is 32.2 Å². The molecule has 1 fully saturated rings. The molecule has 146 valence electrons. The molecule has 0 aromatic heterocycles. The summed E-state index contributed by atoms with van der Waals surface area (Å²) in [7, 11) is 0. The first-order valence-electron chi connectivity index (χ1n) is 8.90. The van der Waals surface area contributed by atoms with Gasteiger partial charge in [-0.1, -0.05) is 12.1 Å². The van der Waals surface area contributed by atoms with E-state index < -0.39 is 11.7 Å². The van der Waals surface area contributed by atoms with Crippen LogP contribution in [0.1, 0.15) is 25.0 Å². The van der Waals surface area contributed by atoms with Crippen LogP contribution in [0.3, 0.4) is 0 Å². The van der Waals surface area contributed by atoms with Crippen LogP contribution in [-0.2, 0) is 17.5 Å². The number of hydrogen-bond acceptors (Lipinski definition) is 3. The molecule has 1 atom stereocenters. The number of guanidine groups is 1. The zero-order valence-corrected chi connectivity index (χ0v) is 15.3. The summed E-state index contributed by atoms with van der Waals surface area (Å²) in [6, 6.07) is 5.45. The predicted octanol–water partition coefficient (Wildman–Crippen LogP) is 2.48. The maximum atomic E-state index is 12.6. The molecule has 1 aliphatic heterocycles. The maximum absolute atomic E-state index is 12.6. The second-order valence-corrected chi connectivity index (χ2v) is 6.27. The number of rotatable bonds is 6. The average Bonchev–Trinajstić information content (AvgIpc) is 2.64. The molecule has 0 bridgehead atoms. The molecule has 0 spiro atoms. The van der Waals surface area contributed by atoms with Gasteiger partial charge in [0.05, 0.1) is 25.3 Å². The lowest BCUT2D eigenvalue weighted by atomic mass is 10.1. The normalized spacial score (nSPS) is 17.8. The summed E-state index contributed by atoms with van der Waals surface area (Å²) in [6.45, 7) is 9.24. The summed E-state index contributed by atoms with van der Waals surface area (Å²) in [4.78, 5) is 6.82. The van der Waals surface area contributed by atoms with Crippen molar-refractivity contribution < 1.29 is 17.9 Å². The Hall–Kier alpha value is -1.80. The largest absolute Gasteiger partial charge is 0.416 e. The molecule has 0 saturated carbocycles. The third-order valence-electron chi connectivity index (χ3n) is 4.28. The van der Waals surface area contributed by atoms with Gasteiger partial charge in [-0.3, -0.25) is 4.90 Å². The maximum Gasteiger partial charge on any atom is 0.416 e. The Balaban J connectivity index is 1.89. The molecule has 2 N–H and O–H groups in total. The summed E-state index contributed by atoms with van der Waals surface area (Å²) in [5.41, 5.74) is 0.0889. The van der Waals surface area contributed by atoms with Gasteiger partial charge in [-0.25, -0.2) is 4.99 Å². The Morgan fingerprint density at radius 3 is 2.42 bits per heavy atom. The van der Waals surface area contributed by atoms with E-state index in [0.29, 0.717) is 25.1 Å². The van der Waals surface area contributed by atoms with E-state index in [4.69, 9.17) is 4.74 Å². The van der Waals surface area contributed by atoms with E-state index >= 15 is 0 Å². The van der Waals surface area contributed by atoms with Crippen molar-refractivity contribution in [2.24, 2.45) is 4.99 Å². The fourth-order valence-corrected chi connectivity index (χ4v) is 2.70. The highest BCUT2D eigenvalue weighted by atomic mass is 19.4. The van der Waals surface area contributed by atoms with Gasteiger partial charge >= 0.3 is 6.18 Å². The monoisotopic (exact) mass is 372 g/mol. The quantitative estimate of drug-likeness (QED) is 0.595. The predicted molar refractivity (Wildman–Crippen MR) is 96.1 cm³/mol. The number of nitrogens with zero attached hydrogens (tertiary/aromatic N) is 2. The van der Waals surface area contributed by atoms with E-state index in [2.05, 4.69) is 27.4 Å². The van der Waals surface area contributed by atoms with Crippen LogP contribution in [0.15, 0.2) is 29.3 Å². The van der Waals surface area contributed by atoms with Crippen LogP contribution in [0.2, 0.25) is 0 Å². The van der Waals surface area contributed by atoms with Gasteiger partial charge < -0.3 is 15.4 Å². The van der Waals surface area contributed by atoms with E-state index in [1.54, 1.807) is 0 Å². The van der Waals surface area contributed by atoms with Crippen molar-refractivity contribution in [1.82, 2.24) is 15.5 Å². The highest BCUT2D eigenvalue weighted by molar-refractivity contribution is 5.79. The molecule has 1 saturated heterocycles. The van der Waals surface area contributed by atoms with E-state index in [1.807, 2.05) is 6.92 Å². The molecule has 1 aromatic rings. The molecule has 1 aliphatic rings. The third-order valence-corrected chi connectivity index (χ3v) is 4.28. The molecular formula is C18H27F3N4O. The first-order chi connectivity index (χ1) is 12.4. The van der Waals surface area contributed by atoms with Gasteiger partial charge in [0.1, 0.15) is 0 Å². The molecule has 0 amide bonds. The van der Waals surface area contributed by atoms with Crippen molar-refractivity contribution in [2.75, 3.05) is 39.4 Å². The van der Waals surface area contributed by atoms with Gasteiger partial charge in [-0.05, 0) is 31.5 Å². The lowest BCUT2D eigenvalue weighted by molar-refractivity contribution is -0.137. The Morgan fingerprint density at radius 2 is 1.85 bits per heavy atom. The molecule has 0 aliphatic carbocycles. The molecule has 5 nitrogen and oxygen atoms in total. The average molecular weight is 372 g/mol. The van der Waals surface area contributed by atoms with E-state index in [-0.39, 0.29) is 0 Å². The second kappa shape index (κ2) is 9.78. The number of halogens is 3. The number of ether oxygens (including phenoxy) is 1. The highest BCUT2D eigenvalue weighted by Gasteiger charge is 2.29. The second-order valence-electron chi connectivity index (χ2n) is 6.27. The number of nitrogens with one attached hydrogen (secondary N) is 2. The fraction of sp³-hybridized carbons (Fsp3) is 0.611. The summed E-state index contributed by atoms with van der Waals surface area (Å²) < 4.78 is 43.2. The molecule has 0 radical (unpaired) electrons. The van der Waals surface area contributed by atoms with Crippen LogP contribution in [-0.4, -0.2) is 56.3 Å². The Labute approximate surface area is 152 Å². The van der Waals surface area contributed by atoms with Crippen LogP contribution < -0.4 is 10.6 Å². The molecule has 26 heavy (non-hydrogen) atoms. The number of aliphatic imine (C=N–C) groups is 1. The van der Waals surface area contributed by atoms with Crippen molar-refractivity contribution in [3.05, 3.63) is 35.4 Å². The fourth-order valence-electron chi connectivity index (χ4n) is 2.70. The first-order valence-corrected chi connectivity index (χ1v) is 8.90. The Morgan fingerprint density at radius 1 is 1.19 bits per heavy atom. The van der Waals surface area contributed by atoms with Gasteiger partial charge in [0.15, 0.2) is 5.96 Å².